The van der Waals surface area contributed by atoms with Crippen LogP contribution in [0, 0.1) is 5.92 Å². The molecule has 5 heteroatoms. The minimum Gasteiger partial charge on any atom is -0.491 e. The minimum absolute atomic E-state index is 0.267. The van der Waals surface area contributed by atoms with Crippen molar-refractivity contribution in [3.63, 3.8) is 0 Å². The number of hydrogen-bond donors (Lipinski definition) is 0. The van der Waals surface area contributed by atoms with E-state index in [0.717, 1.165) is 5.56 Å². The van der Waals surface area contributed by atoms with Crippen molar-refractivity contribution in [2.24, 2.45) is 5.92 Å². The molecule has 1 aliphatic rings. The van der Waals surface area contributed by atoms with E-state index >= 15 is 0 Å². The summed E-state index contributed by atoms with van der Waals surface area (Å²) in [5, 5.41) is 0.861. The molecule has 0 aromatic heterocycles. The monoisotopic (exact) mass is 260 g/mol. The Balaban J connectivity index is 2.29. The summed E-state index contributed by atoms with van der Waals surface area (Å²) in [6.45, 7) is 0.278. The van der Waals surface area contributed by atoms with Crippen molar-refractivity contribution < 1.29 is 14.3 Å². The molecule has 86 valence electrons. The van der Waals surface area contributed by atoms with Crippen LogP contribution in [-0.2, 0) is 16.0 Å². The zero-order valence-corrected chi connectivity index (χ0v) is 10.1. The third-order valence-electron chi connectivity index (χ3n) is 2.56. The van der Waals surface area contributed by atoms with Crippen molar-refractivity contribution in [2.45, 2.75) is 6.42 Å². The summed E-state index contributed by atoms with van der Waals surface area (Å²) in [6.07, 6.45) is 0.568. The van der Waals surface area contributed by atoms with E-state index in [2.05, 4.69) is 4.74 Å². The van der Waals surface area contributed by atoms with Gasteiger partial charge < -0.3 is 9.47 Å². The van der Waals surface area contributed by atoms with Gasteiger partial charge in [0.25, 0.3) is 0 Å². The largest absolute Gasteiger partial charge is 0.491 e. The van der Waals surface area contributed by atoms with E-state index in [-0.39, 0.29) is 18.5 Å². The zero-order chi connectivity index (χ0) is 11.7. The average Bonchev–Trinajstić information content (AvgIpc) is 2.32. The van der Waals surface area contributed by atoms with Crippen LogP contribution < -0.4 is 4.74 Å². The number of carbonyl (C=O) groups excluding carboxylic acids is 1. The lowest BCUT2D eigenvalue weighted by atomic mass is 9.97. The minimum atomic E-state index is -0.269. The molecule has 0 aliphatic carbocycles. The van der Waals surface area contributed by atoms with Crippen molar-refractivity contribution in [3.8, 4) is 5.75 Å². The number of carbonyl (C=O) groups is 1. The molecule has 3 nitrogen and oxygen atoms in total. The van der Waals surface area contributed by atoms with Crippen molar-refractivity contribution >= 4 is 29.2 Å². The topological polar surface area (TPSA) is 35.5 Å². The molecule has 0 saturated heterocycles. The molecule has 1 aromatic rings. The van der Waals surface area contributed by atoms with Crippen LogP contribution >= 0.6 is 23.2 Å². The molecule has 0 fully saturated rings. The van der Waals surface area contributed by atoms with Gasteiger partial charge in [-0.25, -0.2) is 0 Å². The van der Waals surface area contributed by atoms with Gasteiger partial charge in [0, 0.05) is 0 Å². The number of benzene rings is 1. The second kappa shape index (κ2) is 4.52. The van der Waals surface area contributed by atoms with Gasteiger partial charge in [0.15, 0.2) is 0 Å². The van der Waals surface area contributed by atoms with E-state index in [1.807, 2.05) is 6.07 Å². The number of methoxy groups -OCH3 is 1. The quantitative estimate of drug-likeness (QED) is 0.729. The molecule has 0 amide bonds. The van der Waals surface area contributed by atoms with Crippen LogP contribution in [0.5, 0.6) is 5.75 Å². The Hall–Kier alpha value is -0.930. The molecule has 2 rings (SSSR count). The highest BCUT2D eigenvalue weighted by molar-refractivity contribution is 6.43. The van der Waals surface area contributed by atoms with Crippen LogP contribution in [0.25, 0.3) is 0 Å². The first kappa shape index (κ1) is 11.6. The molecule has 0 saturated carbocycles. The maximum absolute atomic E-state index is 11.4. The number of rotatable bonds is 1. The van der Waals surface area contributed by atoms with Crippen LogP contribution in [0.15, 0.2) is 12.1 Å². The molecule has 16 heavy (non-hydrogen) atoms. The smallest absolute Gasteiger partial charge is 0.312 e. The second-order valence-corrected chi connectivity index (χ2v) is 4.37. The zero-order valence-electron chi connectivity index (χ0n) is 8.63. The van der Waals surface area contributed by atoms with Crippen molar-refractivity contribution in [1.82, 2.24) is 0 Å². The lowest BCUT2D eigenvalue weighted by Gasteiger charge is -2.24. The van der Waals surface area contributed by atoms with Gasteiger partial charge in [0.05, 0.1) is 18.1 Å². The molecule has 0 radical (unpaired) electrons. The number of hydrogen-bond acceptors (Lipinski definition) is 3. The summed E-state index contributed by atoms with van der Waals surface area (Å²) in [6, 6.07) is 3.52. The van der Waals surface area contributed by atoms with Gasteiger partial charge in [0.2, 0.25) is 0 Å². The Morgan fingerprint density at radius 3 is 2.94 bits per heavy atom. The third kappa shape index (κ3) is 1.97. The van der Waals surface area contributed by atoms with Crippen LogP contribution in [0.3, 0.4) is 0 Å². The van der Waals surface area contributed by atoms with Crippen LogP contribution in [0.2, 0.25) is 10.0 Å². The van der Waals surface area contributed by atoms with Gasteiger partial charge in [-0.15, -0.1) is 0 Å². The average molecular weight is 261 g/mol. The Morgan fingerprint density at radius 1 is 1.50 bits per heavy atom. The third-order valence-corrected chi connectivity index (χ3v) is 3.35. The highest BCUT2D eigenvalue weighted by Crippen LogP contribution is 2.38. The van der Waals surface area contributed by atoms with Crippen LogP contribution in [0.1, 0.15) is 5.56 Å². The van der Waals surface area contributed by atoms with E-state index in [9.17, 15) is 4.79 Å². The van der Waals surface area contributed by atoms with Gasteiger partial charge >= 0.3 is 5.97 Å². The van der Waals surface area contributed by atoms with Gasteiger partial charge in [-0.2, -0.15) is 0 Å². The Bertz CT molecular complexity index is 431. The van der Waals surface area contributed by atoms with E-state index in [4.69, 9.17) is 27.9 Å². The lowest BCUT2D eigenvalue weighted by Crippen LogP contribution is -2.29. The second-order valence-electron chi connectivity index (χ2n) is 3.58. The van der Waals surface area contributed by atoms with Gasteiger partial charge in [-0.3, -0.25) is 4.79 Å². The highest BCUT2D eigenvalue weighted by Gasteiger charge is 2.28. The summed E-state index contributed by atoms with van der Waals surface area (Å²) in [7, 11) is 1.37. The van der Waals surface area contributed by atoms with Crippen molar-refractivity contribution in [1.29, 1.82) is 0 Å². The number of ether oxygens (including phenoxy) is 2. The van der Waals surface area contributed by atoms with Crippen molar-refractivity contribution in [2.75, 3.05) is 13.7 Å². The molecule has 1 atom stereocenters. The maximum Gasteiger partial charge on any atom is 0.312 e. The molecule has 0 bridgehead atoms. The molecular formula is C11H10Cl2O3. The summed E-state index contributed by atoms with van der Waals surface area (Å²) in [5.74, 6) is 0.0424. The van der Waals surface area contributed by atoms with Crippen LogP contribution in [0.4, 0.5) is 0 Å². The SMILES string of the molecule is COC(=O)C1COc2c(ccc(Cl)c2Cl)C1. The van der Waals surface area contributed by atoms with Gasteiger partial charge in [-0.05, 0) is 18.1 Å². The normalized spacial score (nSPS) is 18.6. The fourth-order valence-corrected chi connectivity index (χ4v) is 2.10. The summed E-state index contributed by atoms with van der Waals surface area (Å²) in [4.78, 5) is 11.4. The van der Waals surface area contributed by atoms with E-state index in [1.54, 1.807) is 6.07 Å². The first-order valence-electron chi connectivity index (χ1n) is 4.81. The fourth-order valence-electron chi connectivity index (χ4n) is 1.72. The number of fused-ring (bicyclic) bond motifs is 1. The number of halogens is 2. The standard InChI is InChI=1S/C11H10Cl2O3/c1-15-11(14)7-4-6-2-3-8(12)9(13)10(6)16-5-7/h2-3,7H,4-5H2,1H3. The highest BCUT2D eigenvalue weighted by atomic mass is 35.5. The Labute approximate surface area is 103 Å². The van der Waals surface area contributed by atoms with E-state index < -0.39 is 0 Å². The lowest BCUT2D eigenvalue weighted by molar-refractivity contribution is -0.146. The molecular weight excluding hydrogens is 251 g/mol. The summed E-state index contributed by atoms with van der Waals surface area (Å²) < 4.78 is 10.1. The molecule has 1 aromatic carbocycles. The molecule has 0 N–H and O–H groups in total. The number of esters is 1. The first-order chi connectivity index (χ1) is 7.63. The predicted octanol–water partition coefficient (Wildman–Crippen LogP) is 2.72. The molecule has 0 spiro atoms. The molecule has 1 aliphatic heterocycles. The van der Waals surface area contributed by atoms with E-state index in [1.165, 1.54) is 7.11 Å². The molecule has 1 unspecified atom stereocenters. The Kier molecular flexibility index (Phi) is 3.26. The fraction of sp³-hybridized carbons (Fsp3) is 0.364. The Morgan fingerprint density at radius 2 is 2.25 bits per heavy atom. The van der Waals surface area contributed by atoms with Crippen LogP contribution in [-0.4, -0.2) is 19.7 Å². The molecule has 1 heterocycles. The van der Waals surface area contributed by atoms with Gasteiger partial charge in [0.1, 0.15) is 17.4 Å². The predicted molar refractivity (Wildman–Crippen MR) is 61.2 cm³/mol. The maximum atomic E-state index is 11.4. The van der Waals surface area contributed by atoms with Gasteiger partial charge in [-0.1, -0.05) is 29.3 Å². The van der Waals surface area contributed by atoms with E-state index in [0.29, 0.717) is 22.2 Å². The van der Waals surface area contributed by atoms with Crippen molar-refractivity contribution in [3.05, 3.63) is 27.7 Å². The summed E-state index contributed by atoms with van der Waals surface area (Å²) >= 11 is 11.9. The summed E-state index contributed by atoms with van der Waals surface area (Å²) in [5.41, 5.74) is 0.885. The first-order valence-corrected chi connectivity index (χ1v) is 5.56.